The molecule has 5 nitrogen and oxygen atoms in total. The second kappa shape index (κ2) is 6.43. The number of hydrogen-bond acceptors (Lipinski definition) is 5. The molecule has 24 heavy (non-hydrogen) atoms. The standard InChI is InChI=1S/C16H19F3N4O/c1-11-3-4-13(24-11)10-23-8-6-12(9-23)22(2)15-20-7-5-14(21-15)16(17,18)19/h3-5,7,12H,6,8-10H2,1-2H3. The van der Waals surface area contributed by atoms with Gasteiger partial charge < -0.3 is 9.32 Å². The highest BCUT2D eigenvalue weighted by Gasteiger charge is 2.34. The molecule has 2 aromatic rings. The van der Waals surface area contributed by atoms with Crippen LogP contribution in [0.15, 0.2) is 28.8 Å². The molecule has 8 heteroatoms. The molecule has 1 fully saturated rings. The van der Waals surface area contributed by atoms with Gasteiger partial charge in [-0.25, -0.2) is 9.97 Å². The summed E-state index contributed by atoms with van der Waals surface area (Å²) in [7, 11) is 1.74. The van der Waals surface area contributed by atoms with Crippen LogP contribution in [0.3, 0.4) is 0 Å². The largest absolute Gasteiger partial charge is 0.465 e. The van der Waals surface area contributed by atoms with E-state index in [2.05, 4.69) is 14.9 Å². The minimum absolute atomic E-state index is 0.0737. The number of hydrogen-bond donors (Lipinski definition) is 0. The zero-order valence-corrected chi connectivity index (χ0v) is 13.5. The van der Waals surface area contributed by atoms with E-state index in [1.165, 1.54) is 0 Å². The molecule has 1 aliphatic rings. The molecule has 0 aromatic carbocycles. The zero-order chi connectivity index (χ0) is 17.3. The van der Waals surface area contributed by atoms with Gasteiger partial charge in [0.1, 0.15) is 17.2 Å². The van der Waals surface area contributed by atoms with E-state index in [4.69, 9.17) is 4.42 Å². The number of alkyl halides is 3. The molecule has 0 bridgehead atoms. The summed E-state index contributed by atoms with van der Waals surface area (Å²) >= 11 is 0. The molecule has 0 radical (unpaired) electrons. The summed E-state index contributed by atoms with van der Waals surface area (Å²) in [5, 5.41) is 0. The first kappa shape index (κ1) is 16.8. The Morgan fingerprint density at radius 2 is 2.12 bits per heavy atom. The van der Waals surface area contributed by atoms with Crippen LogP contribution in [-0.2, 0) is 12.7 Å². The highest BCUT2D eigenvalue weighted by Crippen LogP contribution is 2.29. The summed E-state index contributed by atoms with van der Waals surface area (Å²) in [6, 6.07) is 4.83. The Hall–Kier alpha value is -2.09. The van der Waals surface area contributed by atoms with Crippen LogP contribution in [0.1, 0.15) is 23.6 Å². The molecule has 0 saturated carbocycles. The van der Waals surface area contributed by atoms with Crippen molar-refractivity contribution in [2.24, 2.45) is 0 Å². The summed E-state index contributed by atoms with van der Waals surface area (Å²) in [6.45, 7) is 4.18. The van der Waals surface area contributed by atoms with Gasteiger partial charge in [0.05, 0.1) is 6.54 Å². The fourth-order valence-corrected chi connectivity index (χ4v) is 2.90. The van der Waals surface area contributed by atoms with E-state index in [0.717, 1.165) is 43.3 Å². The maximum atomic E-state index is 12.8. The summed E-state index contributed by atoms with van der Waals surface area (Å²) in [5.74, 6) is 1.87. The van der Waals surface area contributed by atoms with E-state index in [1.807, 2.05) is 19.1 Å². The van der Waals surface area contributed by atoms with Gasteiger partial charge in [0, 0.05) is 32.4 Å². The molecule has 1 saturated heterocycles. The Labute approximate surface area is 138 Å². The van der Waals surface area contributed by atoms with Gasteiger partial charge in [0.15, 0.2) is 0 Å². The first-order valence-electron chi connectivity index (χ1n) is 7.73. The molecular formula is C16H19F3N4O. The summed E-state index contributed by atoms with van der Waals surface area (Å²) in [4.78, 5) is 11.6. The zero-order valence-electron chi connectivity index (χ0n) is 13.5. The molecule has 0 N–H and O–H groups in total. The third-order valence-corrected chi connectivity index (χ3v) is 4.22. The van der Waals surface area contributed by atoms with Crippen LogP contribution in [0.5, 0.6) is 0 Å². The van der Waals surface area contributed by atoms with Crippen LogP contribution in [0.2, 0.25) is 0 Å². The van der Waals surface area contributed by atoms with Crippen molar-refractivity contribution in [1.82, 2.24) is 14.9 Å². The van der Waals surface area contributed by atoms with E-state index >= 15 is 0 Å². The third-order valence-electron chi connectivity index (χ3n) is 4.22. The number of likely N-dealkylation sites (N-methyl/N-ethyl adjacent to an activating group) is 1. The number of anilines is 1. The molecule has 0 aliphatic carbocycles. The highest BCUT2D eigenvalue weighted by atomic mass is 19.4. The monoisotopic (exact) mass is 340 g/mol. The average molecular weight is 340 g/mol. The smallest absolute Gasteiger partial charge is 0.433 e. The van der Waals surface area contributed by atoms with Crippen molar-refractivity contribution in [3.63, 3.8) is 0 Å². The molecule has 0 spiro atoms. The maximum absolute atomic E-state index is 12.8. The molecule has 1 aliphatic heterocycles. The predicted octanol–water partition coefficient (Wildman–Crippen LogP) is 3.11. The minimum Gasteiger partial charge on any atom is -0.465 e. The van der Waals surface area contributed by atoms with Crippen molar-refractivity contribution < 1.29 is 17.6 Å². The van der Waals surface area contributed by atoms with E-state index in [0.29, 0.717) is 6.54 Å². The second-order valence-electron chi connectivity index (χ2n) is 6.04. The van der Waals surface area contributed by atoms with E-state index < -0.39 is 11.9 Å². The van der Waals surface area contributed by atoms with Crippen molar-refractivity contribution in [2.75, 3.05) is 25.0 Å². The average Bonchev–Trinajstić information content (AvgIpc) is 3.15. The normalized spacial score (nSPS) is 19.0. The predicted molar refractivity (Wildman–Crippen MR) is 82.6 cm³/mol. The minimum atomic E-state index is -4.46. The van der Waals surface area contributed by atoms with Crippen molar-refractivity contribution >= 4 is 5.95 Å². The van der Waals surface area contributed by atoms with Gasteiger partial charge in [-0.05, 0) is 31.5 Å². The van der Waals surface area contributed by atoms with Crippen molar-refractivity contribution in [3.05, 3.63) is 41.6 Å². The fourth-order valence-electron chi connectivity index (χ4n) is 2.90. The van der Waals surface area contributed by atoms with Crippen LogP contribution < -0.4 is 4.90 Å². The van der Waals surface area contributed by atoms with Gasteiger partial charge in [0.25, 0.3) is 0 Å². The topological polar surface area (TPSA) is 45.4 Å². The Balaban J connectivity index is 1.65. The van der Waals surface area contributed by atoms with Crippen molar-refractivity contribution in [2.45, 2.75) is 32.1 Å². The Kier molecular flexibility index (Phi) is 4.49. The quantitative estimate of drug-likeness (QED) is 0.856. The molecule has 1 unspecified atom stereocenters. The van der Waals surface area contributed by atoms with E-state index in [-0.39, 0.29) is 12.0 Å². The van der Waals surface area contributed by atoms with E-state index in [1.54, 1.807) is 11.9 Å². The Morgan fingerprint density at radius 3 is 2.79 bits per heavy atom. The van der Waals surface area contributed by atoms with Gasteiger partial charge in [-0.1, -0.05) is 0 Å². The van der Waals surface area contributed by atoms with Crippen molar-refractivity contribution in [3.8, 4) is 0 Å². The molecule has 3 heterocycles. The lowest BCUT2D eigenvalue weighted by Gasteiger charge is -2.25. The second-order valence-corrected chi connectivity index (χ2v) is 6.04. The Bertz CT molecular complexity index is 701. The van der Waals surface area contributed by atoms with Crippen LogP contribution in [0, 0.1) is 6.92 Å². The lowest BCUT2D eigenvalue weighted by Crippen LogP contribution is -2.35. The molecule has 3 rings (SSSR count). The van der Waals surface area contributed by atoms with Crippen LogP contribution >= 0.6 is 0 Å². The first-order valence-corrected chi connectivity index (χ1v) is 7.73. The molecular weight excluding hydrogens is 321 g/mol. The molecule has 2 aromatic heterocycles. The van der Waals surface area contributed by atoms with Gasteiger partial charge in [-0.2, -0.15) is 13.2 Å². The van der Waals surface area contributed by atoms with Crippen molar-refractivity contribution in [1.29, 1.82) is 0 Å². The molecule has 130 valence electrons. The number of aryl methyl sites for hydroxylation is 1. The van der Waals surface area contributed by atoms with Crippen LogP contribution in [0.25, 0.3) is 0 Å². The van der Waals surface area contributed by atoms with Crippen LogP contribution in [-0.4, -0.2) is 41.0 Å². The maximum Gasteiger partial charge on any atom is 0.433 e. The summed E-state index contributed by atoms with van der Waals surface area (Å²) in [6.07, 6.45) is -2.47. The fraction of sp³-hybridized carbons (Fsp3) is 0.500. The number of rotatable bonds is 4. The lowest BCUT2D eigenvalue weighted by molar-refractivity contribution is -0.141. The first-order chi connectivity index (χ1) is 11.3. The highest BCUT2D eigenvalue weighted by molar-refractivity contribution is 5.32. The molecule has 0 amide bonds. The van der Waals surface area contributed by atoms with Gasteiger partial charge >= 0.3 is 6.18 Å². The molecule has 1 atom stereocenters. The summed E-state index contributed by atoms with van der Waals surface area (Å²) < 4.78 is 43.9. The number of aromatic nitrogens is 2. The number of nitrogens with zero attached hydrogens (tertiary/aromatic N) is 4. The number of likely N-dealkylation sites (tertiary alicyclic amines) is 1. The van der Waals surface area contributed by atoms with E-state index in [9.17, 15) is 13.2 Å². The van der Waals surface area contributed by atoms with Crippen LogP contribution in [0.4, 0.5) is 19.1 Å². The third kappa shape index (κ3) is 3.69. The number of furan rings is 1. The SMILES string of the molecule is Cc1ccc(CN2CCC(N(C)c3nccc(C(F)(F)F)n3)C2)o1. The summed E-state index contributed by atoms with van der Waals surface area (Å²) in [5.41, 5.74) is -0.916. The van der Waals surface area contributed by atoms with Gasteiger partial charge in [0.2, 0.25) is 5.95 Å². The van der Waals surface area contributed by atoms with Gasteiger partial charge in [-0.3, -0.25) is 4.90 Å². The lowest BCUT2D eigenvalue weighted by atomic mass is 10.2. The Morgan fingerprint density at radius 1 is 1.33 bits per heavy atom. The number of halogens is 3. The van der Waals surface area contributed by atoms with Gasteiger partial charge in [-0.15, -0.1) is 0 Å².